The van der Waals surface area contributed by atoms with Crippen molar-refractivity contribution < 1.29 is 80.5 Å². The van der Waals surface area contributed by atoms with Crippen molar-refractivity contribution in [2.75, 3.05) is 13.2 Å². The Hall–Kier alpha value is -2.27. The van der Waals surface area contributed by atoms with Crippen LogP contribution in [0.4, 0.5) is 0 Å². The zero-order valence-corrected chi connectivity index (χ0v) is 53.6. The zero-order valence-electron chi connectivity index (χ0n) is 41.6. The van der Waals surface area contributed by atoms with Crippen LogP contribution in [0.1, 0.15) is 19.3 Å². The Morgan fingerprint density at radius 1 is 0.494 bits per heavy atom. The van der Waals surface area contributed by atoms with Crippen molar-refractivity contribution >= 4 is 130 Å². The van der Waals surface area contributed by atoms with Gasteiger partial charge >= 0.3 is 0 Å². The molecule has 2 heterocycles. The highest BCUT2D eigenvalue weighted by Crippen LogP contribution is 2.37. The third-order valence-corrected chi connectivity index (χ3v) is 23.1. The van der Waals surface area contributed by atoms with Crippen LogP contribution in [-0.2, 0) is 73.3 Å². The molecule has 2 aliphatic heterocycles. The number of ether oxygens (including phenoxy) is 4. The van der Waals surface area contributed by atoms with E-state index in [2.05, 4.69) is 98.5 Å². The van der Waals surface area contributed by atoms with Gasteiger partial charge in [-0.2, -0.15) is 8.42 Å². The molecule has 1 saturated carbocycles. The van der Waals surface area contributed by atoms with E-state index in [0.29, 0.717) is 22.4 Å². The maximum absolute atomic E-state index is 14.4. The van der Waals surface area contributed by atoms with Crippen LogP contribution in [0.25, 0.3) is 0 Å². The molecule has 8 rings (SSSR count). The van der Waals surface area contributed by atoms with Crippen LogP contribution in [-0.4, -0.2) is 150 Å². The molecule has 3 fully saturated rings. The fraction of sp³-hybridized carbons (Fsp3) is 0.375. The number of benzene rings is 5. The second-order valence-corrected chi connectivity index (χ2v) is 31.8. The Morgan fingerprint density at radius 2 is 0.877 bits per heavy atom. The monoisotopic (exact) mass is 1540 g/mol. The molecule has 0 aromatic heterocycles. The zero-order chi connectivity index (χ0) is 58.8. The average Bonchev–Trinajstić information content (AvgIpc) is 3.40. The Kier molecular flexibility index (Phi) is 21.4. The number of aliphatic hydroxyl groups excluding tert-OH is 3. The lowest BCUT2D eigenvalue weighted by molar-refractivity contribution is -0.311. The van der Waals surface area contributed by atoms with E-state index in [4.69, 9.17) is 28.9 Å². The van der Waals surface area contributed by atoms with Gasteiger partial charge in [0.2, 0.25) is 40.1 Å². The molecule has 0 bridgehead atoms. The standard InChI is InChI=1S/C48H52Br5N5O18S5/c49-26-1-12-32(13-2-26)77(62,63)55-24-31-11-22-37(54)47(72-31)74-44-38(56-78(64,65)33-14-3-27(50)4-15-33)23-39(57-79(66,67)34-16-5-28(51)6-17-34)45(43(44)61)75-48-46(76-81(70,71)36-20-9-30(53)10-21-36)41(42(60)40(25-59)73-48)58-80(68,69)35-18-7-29(52)8-19-35/h1-10,12-21,31,37-48,55-61H,11,22-25,54H2/t31?,37-,38?,39?,40?,41?,42-,43-,44?,45+,46-,47+,48-/m0/s1. The Bertz CT molecular complexity index is 3570. The summed E-state index contributed by atoms with van der Waals surface area (Å²) in [5, 5.41) is 35.4. The number of nitrogens with two attached hydrogens (primary N) is 1. The smallest absolute Gasteiger partial charge is 0.297 e. The summed E-state index contributed by atoms with van der Waals surface area (Å²) in [4.78, 5) is -1.50. The number of hydrogen-bond acceptors (Lipinski definition) is 19. The van der Waals surface area contributed by atoms with Crippen LogP contribution < -0.4 is 24.6 Å². The first-order chi connectivity index (χ1) is 38.1. The highest BCUT2D eigenvalue weighted by molar-refractivity contribution is 9.11. The van der Waals surface area contributed by atoms with E-state index in [1.807, 2.05) is 0 Å². The first-order valence-corrected chi connectivity index (χ1v) is 35.5. The van der Waals surface area contributed by atoms with Crippen LogP contribution in [0.15, 0.2) is 168 Å². The molecule has 6 unspecified atom stereocenters. The summed E-state index contributed by atoms with van der Waals surface area (Å²) in [6.45, 7) is -1.38. The van der Waals surface area contributed by atoms with Crippen LogP contribution in [0.2, 0.25) is 0 Å². The lowest BCUT2D eigenvalue weighted by Gasteiger charge is -2.49. The van der Waals surface area contributed by atoms with Crippen LogP contribution >= 0.6 is 79.6 Å². The van der Waals surface area contributed by atoms with Crippen molar-refractivity contribution in [3.63, 3.8) is 0 Å². The summed E-state index contributed by atoms with van der Waals surface area (Å²) in [5.74, 6) is 0. The average molecular weight is 1550 g/mol. The number of halogens is 5. The highest BCUT2D eigenvalue weighted by Gasteiger charge is 2.55. The number of aliphatic hydroxyl groups is 3. The molecule has 5 aromatic rings. The van der Waals surface area contributed by atoms with E-state index in [1.54, 1.807) is 0 Å². The largest absolute Gasteiger partial charge is 0.394 e. The topological polar surface area (TPSA) is 352 Å². The maximum atomic E-state index is 14.4. The van der Waals surface area contributed by atoms with Gasteiger partial charge in [0.25, 0.3) is 10.1 Å². The molecule has 0 radical (unpaired) electrons. The number of nitrogens with one attached hydrogen (secondary N) is 4. The van der Waals surface area contributed by atoms with Crippen molar-refractivity contribution in [1.82, 2.24) is 18.9 Å². The molecule has 33 heteroatoms. The molecular weight excluding hydrogens is 1490 g/mol. The van der Waals surface area contributed by atoms with Crippen molar-refractivity contribution in [1.29, 1.82) is 0 Å². The Morgan fingerprint density at radius 3 is 1.30 bits per heavy atom. The predicted octanol–water partition coefficient (Wildman–Crippen LogP) is 4.04. The van der Waals surface area contributed by atoms with Crippen LogP contribution in [0.5, 0.6) is 0 Å². The van der Waals surface area contributed by atoms with Gasteiger partial charge in [-0.05, 0) is 141 Å². The fourth-order valence-corrected chi connectivity index (χ4v) is 16.3. The number of sulfonamides is 4. The van der Waals surface area contributed by atoms with Crippen molar-refractivity contribution in [3.8, 4) is 0 Å². The quantitative estimate of drug-likeness (QED) is 0.0481. The van der Waals surface area contributed by atoms with E-state index in [1.165, 1.54) is 109 Å². The summed E-state index contributed by atoms with van der Waals surface area (Å²) in [6, 6.07) is 20.2. The van der Waals surface area contributed by atoms with Gasteiger partial charge in [0.1, 0.15) is 36.6 Å². The molecule has 9 N–H and O–H groups in total. The molecule has 1 aliphatic carbocycles. The number of hydrogen-bond donors (Lipinski definition) is 8. The third-order valence-electron chi connectivity index (χ3n) is 13.2. The number of rotatable bonds is 21. The summed E-state index contributed by atoms with van der Waals surface area (Å²) in [6.07, 6.45) is -17.5. The van der Waals surface area contributed by atoms with E-state index in [-0.39, 0.29) is 39.0 Å². The van der Waals surface area contributed by atoms with Gasteiger partial charge in [0.05, 0.1) is 61.4 Å². The molecule has 442 valence electrons. The van der Waals surface area contributed by atoms with Crippen molar-refractivity contribution in [3.05, 3.63) is 144 Å². The molecule has 23 nitrogen and oxygen atoms in total. The summed E-state index contributed by atoms with van der Waals surface area (Å²) in [5.41, 5.74) is 6.58. The van der Waals surface area contributed by atoms with Gasteiger partial charge in [-0.25, -0.2) is 52.6 Å². The maximum Gasteiger partial charge on any atom is 0.297 e. The van der Waals surface area contributed by atoms with Gasteiger partial charge in [0, 0.05) is 28.9 Å². The minimum Gasteiger partial charge on any atom is -0.394 e. The third kappa shape index (κ3) is 16.0. The van der Waals surface area contributed by atoms with E-state index >= 15 is 0 Å². The van der Waals surface area contributed by atoms with Gasteiger partial charge in [0.15, 0.2) is 12.6 Å². The van der Waals surface area contributed by atoms with Crippen LogP contribution in [0.3, 0.4) is 0 Å². The van der Waals surface area contributed by atoms with Crippen molar-refractivity contribution in [2.45, 2.75) is 123 Å². The SMILES string of the molecule is N[C@H]1CCC(CNS(=O)(=O)c2ccc(Br)cc2)O[C@@H]1OC1C(NS(=O)(=O)c2ccc(Br)cc2)CC(NS(=O)(=O)c2ccc(Br)cc2)[C@@H](O[C@@H]2OC(CO)[C@H](O)C(NS(=O)(=O)c3ccc(Br)cc3)[C@@H]2OS(=O)(=O)c2ccc(Br)cc2)[C@H]1O. The lowest BCUT2D eigenvalue weighted by Crippen LogP contribution is -2.70. The fourth-order valence-electron chi connectivity index (χ4n) is 9.01. The minimum absolute atomic E-state index is 0.0535. The second-order valence-electron chi connectivity index (χ2n) is 18.8. The van der Waals surface area contributed by atoms with Gasteiger partial charge in [-0.3, -0.25) is 4.18 Å². The van der Waals surface area contributed by atoms with E-state index in [9.17, 15) is 57.4 Å². The normalized spacial score (nSPS) is 27.9. The van der Waals surface area contributed by atoms with Gasteiger partial charge in [-0.15, -0.1) is 0 Å². The molecular formula is C48H52Br5N5O18S5. The van der Waals surface area contributed by atoms with Gasteiger partial charge in [-0.1, -0.05) is 79.6 Å². The lowest BCUT2D eigenvalue weighted by atomic mass is 9.84. The molecule has 3 aliphatic rings. The molecule has 0 spiro atoms. The summed E-state index contributed by atoms with van der Waals surface area (Å²) < 4.78 is 185. The first-order valence-electron chi connectivity index (χ1n) is 24.2. The summed E-state index contributed by atoms with van der Waals surface area (Å²) >= 11 is 16.3. The van der Waals surface area contributed by atoms with Crippen LogP contribution in [0, 0.1) is 0 Å². The molecule has 13 atom stereocenters. The predicted molar refractivity (Wildman–Crippen MR) is 308 cm³/mol. The minimum atomic E-state index is -5.04. The molecule has 2 saturated heterocycles. The Labute approximate surface area is 510 Å². The summed E-state index contributed by atoms with van der Waals surface area (Å²) in [7, 11) is -23.2. The highest BCUT2D eigenvalue weighted by atomic mass is 79.9. The van der Waals surface area contributed by atoms with E-state index < -0.39 is 148 Å². The van der Waals surface area contributed by atoms with Crippen molar-refractivity contribution in [2.24, 2.45) is 5.73 Å². The van der Waals surface area contributed by atoms with Gasteiger partial charge < -0.3 is 40.0 Å². The Balaban J connectivity index is 1.21. The molecule has 81 heavy (non-hydrogen) atoms. The molecule has 0 amide bonds. The first kappa shape index (κ1) is 64.7. The second kappa shape index (κ2) is 26.8. The molecule has 5 aromatic carbocycles. The van der Waals surface area contributed by atoms with E-state index in [0.717, 1.165) is 12.1 Å².